The lowest BCUT2D eigenvalue weighted by atomic mass is 10.1. The largest absolute Gasteiger partial charge is 0.330 e. The van der Waals surface area contributed by atoms with Crippen molar-refractivity contribution in [1.29, 1.82) is 0 Å². The van der Waals surface area contributed by atoms with Crippen LogP contribution in [0.4, 0.5) is 0 Å². The fraction of sp³-hybridized carbons (Fsp3) is 0.182. The molecular formula is C11H13ClN2O2. The molecule has 4 nitrogen and oxygen atoms in total. The van der Waals surface area contributed by atoms with Crippen molar-refractivity contribution in [2.45, 2.75) is 6.42 Å². The first kappa shape index (κ1) is 14.5. The van der Waals surface area contributed by atoms with E-state index in [2.05, 4.69) is 4.99 Å². The zero-order chi connectivity index (χ0) is 11.1. The van der Waals surface area contributed by atoms with E-state index in [0.29, 0.717) is 30.4 Å². The average Bonchev–Trinajstić information content (AvgIpc) is 2.29. The summed E-state index contributed by atoms with van der Waals surface area (Å²) in [4.78, 5) is 25.8. The highest BCUT2D eigenvalue weighted by molar-refractivity contribution is 6.04. The lowest BCUT2D eigenvalue weighted by Crippen LogP contribution is -2.03. The van der Waals surface area contributed by atoms with Crippen LogP contribution in [0, 0.1) is 0 Å². The van der Waals surface area contributed by atoms with Crippen LogP contribution in [0.2, 0.25) is 0 Å². The van der Waals surface area contributed by atoms with Gasteiger partial charge in [-0.15, -0.1) is 12.4 Å². The van der Waals surface area contributed by atoms with E-state index < -0.39 is 5.91 Å². The van der Waals surface area contributed by atoms with E-state index in [4.69, 9.17) is 5.73 Å². The predicted octanol–water partition coefficient (Wildman–Crippen LogP) is 1.48. The lowest BCUT2D eigenvalue weighted by molar-refractivity contribution is 0.0996. The maximum absolute atomic E-state index is 11.5. The third kappa shape index (κ3) is 3.92. The fourth-order valence-corrected chi connectivity index (χ4v) is 1.09. The molecular weight excluding hydrogens is 228 g/mol. The van der Waals surface area contributed by atoms with Gasteiger partial charge in [0.25, 0.3) is 5.91 Å². The number of amides is 1. The molecule has 1 aromatic rings. The van der Waals surface area contributed by atoms with Gasteiger partial charge in [0.1, 0.15) is 0 Å². The van der Waals surface area contributed by atoms with Gasteiger partial charge in [0.05, 0.1) is 5.56 Å². The Labute approximate surface area is 100.0 Å². The van der Waals surface area contributed by atoms with Crippen LogP contribution in [-0.2, 0) is 0 Å². The SMILES string of the molecule is Cl.NCCC=NC(=O)c1ccccc1C=O. The first-order valence-electron chi connectivity index (χ1n) is 4.60. The monoisotopic (exact) mass is 240 g/mol. The molecule has 1 aromatic carbocycles. The number of carbonyl (C=O) groups is 2. The van der Waals surface area contributed by atoms with Gasteiger partial charge in [-0.3, -0.25) is 9.59 Å². The highest BCUT2D eigenvalue weighted by Crippen LogP contribution is 2.07. The van der Waals surface area contributed by atoms with Crippen molar-refractivity contribution in [2.75, 3.05) is 6.54 Å². The Hall–Kier alpha value is -1.52. The van der Waals surface area contributed by atoms with Crippen LogP contribution in [0.5, 0.6) is 0 Å². The molecule has 0 aliphatic heterocycles. The first-order chi connectivity index (χ1) is 7.29. The van der Waals surface area contributed by atoms with Crippen molar-refractivity contribution in [2.24, 2.45) is 10.7 Å². The molecule has 0 aromatic heterocycles. The molecule has 0 radical (unpaired) electrons. The molecule has 0 aliphatic rings. The van der Waals surface area contributed by atoms with Crippen molar-refractivity contribution in [3.63, 3.8) is 0 Å². The van der Waals surface area contributed by atoms with Gasteiger partial charge in [-0.1, -0.05) is 18.2 Å². The number of benzene rings is 1. The third-order valence-electron chi connectivity index (χ3n) is 1.82. The van der Waals surface area contributed by atoms with Gasteiger partial charge in [0.2, 0.25) is 0 Å². The number of halogens is 1. The smallest absolute Gasteiger partial charge is 0.277 e. The molecule has 86 valence electrons. The minimum absolute atomic E-state index is 0. The van der Waals surface area contributed by atoms with Crippen molar-refractivity contribution in [3.8, 4) is 0 Å². The third-order valence-corrected chi connectivity index (χ3v) is 1.82. The molecule has 0 saturated carbocycles. The molecule has 0 saturated heterocycles. The molecule has 2 N–H and O–H groups in total. The van der Waals surface area contributed by atoms with Gasteiger partial charge in [0.15, 0.2) is 6.29 Å². The molecule has 16 heavy (non-hydrogen) atoms. The lowest BCUT2D eigenvalue weighted by Gasteiger charge is -1.98. The van der Waals surface area contributed by atoms with Crippen molar-refractivity contribution >= 4 is 30.8 Å². The molecule has 0 heterocycles. The normalized spacial score (nSPS) is 9.81. The van der Waals surface area contributed by atoms with Gasteiger partial charge in [-0.05, 0) is 19.0 Å². The zero-order valence-electron chi connectivity index (χ0n) is 8.63. The zero-order valence-corrected chi connectivity index (χ0v) is 9.44. The molecule has 1 rings (SSSR count). The number of rotatable bonds is 4. The van der Waals surface area contributed by atoms with E-state index in [1.165, 1.54) is 6.21 Å². The number of aliphatic imine (C=N–C) groups is 1. The Morgan fingerprint density at radius 3 is 2.69 bits per heavy atom. The van der Waals surface area contributed by atoms with Crippen LogP contribution in [0.15, 0.2) is 29.3 Å². The molecule has 0 fully saturated rings. The maximum atomic E-state index is 11.5. The predicted molar refractivity (Wildman–Crippen MR) is 65.6 cm³/mol. The number of hydrogen-bond acceptors (Lipinski definition) is 3. The van der Waals surface area contributed by atoms with E-state index in [9.17, 15) is 9.59 Å². The van der Waals surface area contributed by atoms with E-state index in [1.807, 2.05) is 0 Å². The molecule has 0 atom stereocenters. The van der Waals surface area contributed by atoms with E-state index in [0.717, 1.165) is 0 Å². The summed E-state index contributed by atoms with van der Waals surface area (Å²) in [6.45, 7) is 0.451. The van der Waals surface area contributed by atoms with Gasteiger partial charge in [-0.25, -0.2) is 4.99 Å². The van der Waals surface area contributed by atoms with Gasteiger partial charge in [0, 0.05) is 11.8 Å². The van der Waals surface area contributed by atoms with E-state index in [1.54, 1.807) is 24.3 Å². The standard InChI is InChI=1S/C11H12N2O2.ClH/c12-6-3-7-13-11(15)10-5-2-1-4-9(10)8-14;/h1-2,4-5,7-8H,3,6,12H2;1H. The summed E-state index contributed by atoms with van der Waals surface area (Å²) < 4.78 is 0. The van der Waals surface area contributed by atoms with Crippen molar-refractivity contribution in [3.05, 3.63) is 35.4 Å². The Kier molecular flexibility index (Phi) is 7.00. The molecule has 0 spiro atoms. The van der Waals surface area contributed by atoms with E-state index >= 15 is 0 Å². The van der Waals surface area contributed by atoms with Crippen LogP contribution >= 0.6 is 12.4 Å². The second kappa shape index (κ2) is 7.73. The molecule has 0 aliphatic carbocycles. The van der Waals surface area contributed by atoms with Crippen molar-refractivity contribution in [1.82, 2.24) is 0 Å². The Balaban J connectivity index is 0.00000225. The minimum atomic E-state index is -0.411. The van der Waals surface area contributed by atoms with Gasteiger partial charge >= 0.3 is 0 Å². The van der Waals surface area contributed by atoms with Crippen molar-refractivity contribution < 1.29 is 9.59 Å². The quantitative estimate of drug-likeness (QED) is 0.640. The Morgan fingerprint density at radius 2 is 2.06 bits per heavy atom. The Bertz CT molecular complexity index is 391. The highest BCUT2D eigenvalue weighted by Gasteiger charge is 2.07. The topological polar surface area (TPSA) is 72.5 Å². The average molecular weight is 241 g/mol. The number of nitrogens with two attached hydrogens (primary N) is 1. The Morgan fingerprint density at radius 1 is 1.38 bits per heavy atom. The van der Waals surface area contributed by atoms with Gasteiger partial charge in [-0.2, -0.15) is 0 Å². The number of carbonyl (C=O) groups excluding carboxylic acids is 2. The van der Waals surface area contributed by atoms with Gasteiger partial charge < -0.3 is 5.73 Å². The molecule has 0 bridgehead atoms. The number of nitrogens with zero attached hydrogens (tertiary/aromatic N) is 1. The second-order valence-electron chi connectivity index (χ2n) is 2.90. The van der Waals surface area contributed by atoms with Crippen LogP contribution in [0.25, 0.3) is 0 Å². The second-order valence-corrected chi connectivity index (χ2v) is 2.90. The summed E-state index contributed by atoms with van der Waals surface area (Å²) in [5, 5.41) is 0. The minimum Gasteiger partial charge on any atom is -0.330 e. The van der Waals surface area contributed by atoms with Crippen LogP contribution in [0.1, 0.15) is 27.1 Å². The summed E-state index contributed by atoms with van der Waals surface area (Å²) in [7, 11) is 0. The van der Waals surface area contributed by atoms with Crippen LogP contribution in [0.3, 0.4) is 0 Å². The first-order valence-corrected chi connectivity index (χ1v) is 4.60. The summed E-state index contributed by atoms with van der Waals surface area (Å²) >= 11 is 0. The number of hydrogen-bond donors (Lipinski definition) is 1. The summed E-state index contributed by atoms with van der Waals surface area (Å²) in [6, 6.07) is 6.55. The maximum Gasteiger partial charge on any atom is 0.277 e. The summed E-state index contributed by atoms with van der Waals surface area (Å²) in [6.07, 6.45) is 2.66. The number of aldehydes is 1. The molecule has 5 heteroatoms. The summed E-state index contributed by atoms with van der Waals surface area (Å²) in [5.74, 6) is -0.411. The molecule has 1 amide bonds. The van der Waals surface area contributed by atoms with Crippen LogP contribution < -0.4 is 5.73 Å². The van der Waals surface area contributed by atoms with Crippen LogP contribution in [-0.4, -0.2) is 25.0 Å². The van der Waals surface area contributed by atoms with E-state index in [-0.39, 0.29) is 12.4 Å². The summed E-state index contributed by atoms with van der Waals surface area (Å²) in [5.41, 5.74) is 5.93. The fourth-order valence-electron chi connectivity index (χ4n) is 1.09. The highest BCUT2D eigenvalue weighted by atomic mass is 35.5. The molecule has 0 unspecified atom stereocenters.